The third kappa shape index (κ3) is 3.45. The van der Waals surface area contributed by atoms with Crippen LogP contribution in [-0.4, -0.2) is 10.7 Å². The fraction of sp³-hybridized carbons (Fsp3) is 0.875. The molecule has 0 spiro atoms. The smallest absolute Gasteiger partial charge is 0.429 e. The second-order valence-electron chi connectivity index (χ2n) is 6.54. The molecule has 2 saturated carbocycles. The minimum absolute atomic E-state index is 0.258. The zero-order valence-corrected chi connectivity index (χ0v) is 12.6. The first-order valence-electron chi connectivity index (χ1n) is 8.09. The Morgan fingerprint density at radius 3 is 1.90 bits per heavy atom. The van der Waals surface area contributed by atoms with Crippen molar-refractivity contribution in [1.82, 2.24) is 0 Å². The highest BCUT2D eigenvalue weighted by Gasteiger charge is 2.45. The van der Waals surface area contributed by atoms with Gasteiger partial charge in [0.1, 0.15) is 5.60 Å². The van der Waals surface area contributed by atoms with Gasteiger partial charge >= 0.3 is 12.1 Å². The number of aliphatic hydroxyl groups excluding tert-OH is 1. The van der Waals surface area contributed by atoms with Crippen LogP contribution in [0.5, 0.6) is 0 Å². The molecule has 0 heterocycles. The van der Waals surface area contributed by atoms with Crippen molar-refractivity contribution in [3.8, 4) is 0 Å². The van der Waals surface area contributed by atoms with E-state index in [9.17, 15) is 5.11 Å². The van der Waals surface area contributed by atoms with Crippen LogP contribution in [0.2, 0.25) is 0 Å². The first-order chi connectivity index (χ1) is 9.66. The van der Waals surface area contributed by atoms with Crippen LogP contribution >= 0.6 is 0 Å². The Bertz CT molecular complexity index is 356. The molecular weight excluding hydrogens is 252 g/mol. The van der Waals surface area contributed by atoms with Crippen molar-refractivity contribution in [3.05, 3.63) is 17.1 Å². The standard InChI is InChI=1S/C16H26N2O2/c1-16(20-15(19)12-18-17,13-8-4-2-5-9-13)14-10-6-3-7-11-14/h12-14H,2-11H2,1H3/p+1/b15-12-. The highest BCUT2D eigenvalue weighted by Crippen LogP contribution is 2.45. The van der Waals surface area contributed by atoms with Crippen LogP contribution in [0.3, 0.4) is 0 Å². The lowest BCUT2D eigenvalue weighted by atomic mass is 9.67. The van der Waals surface area contributed by atoms with E-state index in [1.807, 2.05) is 0 Å². The summed E-state index contributed by atoms with van der Waals surface area (Å²) in [7, 11) is 0. The van der Waals surface area contributed by atoms with Gasteiger partial charge in [0.05, 0.1) is 0 Å². The summed E-state index contributed by atoms with van der Waals surface area (Å²) in [5, 5.41) is 18.4. The Kier molecular flexibility index (Phi) is 5.28. The van der Waals surface area contributed by atoms with Crippen LogP contribution < -0.4 is 0 Å². The summed E-state index contributed by atoms with van der Waals surface area (Å²) in [6, 6.07) is 0. The lowest BCUT2D eigenvalue weighted by Crippen LogP contribution is -2.46. The third-order valence-corrected chi connectivity index (χ3v) is 5.32. The SMILES string of the molecule is CC(O/C(O)=C\[N+]#N)(C1CCCCC1)C1CCCCC1. The van der Waals surface area contributed by atoms with Gasteiger partial charge in [0, 0.05) is 0 Å². The maximum atomic E-state index is 9.83. The predicted octanol–water partition coefficient (Wildman–Crippen LogP) is 5.13. The lowest BCUT2D eigenvalue weighted by molar-refractivity contribution is -0.129. The monoisotopic (exact) mass is 279 g/mol. The molecule has 0 atom stereocenters. The van der Waals surface area contributed by atoms with Gasteiger partial charge in [-0.2, -0.15) is 0 Å². The van der Waals surface area contributed by atoms with E-state index in [1.165, 1.54) is 64.2 Å². The summed E-state index contributed by atoms with van der Waals surface area (Å²) >= 11 is 0. The Labute approximate surface area is 121 Å². The zero-order chi connectivity index (χ0) is 14.4. The van der Waals surface area contributed by atoms with Crippen molar-refractivity contribution in [3.63, 3.8) is 0 Å². The molecule has 0 aromatic rings. The average Bonchev–Trinajstić information content (AvgIpc) is 2.49. The summed E-state index contributed by atoms with van der Waals surface area (Å²) in [5.41, 5.74) is -0.327. The topological polar surface area (TPSA) is 57.6 Å². The maximum Gasteiger partial charge on any atom is 0.429 e. The van der Waals surface area contributed by atoms with Gasteiger partial charge in [-0.05, 0) is 44.4 Å². The van der Waals surface area contributed by atoms with E-state index in [0.717, 1.165) is 6.20 Å². The van der Waals surface area contributed by atoms with Crippen molar-refractivity contribution in [1.29, 1.82) is 5.39 Å². The van der Waals surface area contributed by atoms with Gasteiger partial charge in [-0.15, -0.1) is 0 Å². The van der Waals surface area contributed by atoms with Gasteiger partial charge in [0.2, 0.25) is 5.39 Å². The van der Waals surface area contributed by atoms with E-state index in [2.05, 4.69) is 11.9 Å². The first-order valence-corrected chi connectivity index (χ1v) is 8.09. The van der Waals surface area contributed by atoms with Crippen molar-refractivity contribution in [2.45, 2.75) is 76.7 Å². The van der Waals surface area contributed by atoms with E-state index in [-0.39, 0.29) is 11.5 Å². The third-order valence-electron chi connectivity index (χ3n) is 5.32. The Balaban J connectivity index is 2.16. The zero-order valence-electron chi connectivity index (χ0n) is 12.6. The highest BCUT2D eigenvalue weighted by molar-refractivity contribution is 4.98. The normalized spacial score (nSPS) is 23.3. The second-order valence-corrected chi connectivity index (χ2v) is 6.54. The maximum absolute atomic E-state index is 9.83. The van der Waals surface area contributed by atoms with Gasteiger partial charge in [-0.25, -0.2) is 0 Å². The largest absolute Gasteiger partial charge is 0.476 e. The van der Waals surface area contributed by atoms with Crippen LogP contribution in [0.25, 0.3) is 4.98 Å². The summed E-state index contributed by atoms with van der Waals surface area (Å²) < 4.78 is 5.92. The second kappa shape index (κ2) is 6.97. The van der Waals surface area contributed by atoms with Crippen LogP contribution in [0, 0.1) is 17.2 Å². The molecule has 0 bridgehead atoms. The fourth-order valence-electron chi connectivity index (χ4n) is 4.15. The van der Waals surface area contributed by atoms with Crippen LogP contribution in [0.4, 0.5) is 0 Å². The van der Waals surface area contributed by atoms with E-state index in [1.54, 1.807) is 0 Å². The molecule has 0 aromatic carbocycles. The summed E-state index contributed by atoms with van der Waals surface area (Å²) in [6.07, 6.45) is 13.3. The molecule has 1 N–H and O–H groups in total. The molecule has 0 radical (unpaired) electrons. The molecular formula is C16H27N2O2+. The van der Waals surface area contributed by atoms with E-state index in [0.29, 0.717) is 11.8 Å². The molecule has 2 aliphatic carbocycles. The summed E-state index contributed by atoms with van der Waals surface area (Å²) in [4.78, 5) is 2.87. The molecule has 0 aliphatic heterocycles. The molecule has 0 saturated heterocycles. The molecule has 2 fully saturated rings. The van der Waals surface area contributed by atoms with E-state index >= 15 is 0 Å². The van der Waals surface area contributed by atoms with Crippen molar-refractivity contribution in [2.24, 2.45) is 11.8 Å². The van der Waals surface area contributed by atoms with Gasteiger partial charge in [0.15, 0.2) is 4.98 Å². The number of hydrogen-bond acceptors (Lipinski definition) is 3. The number of aliphatic hydroxyl groups is 1. The number of diazo groups is 1. The van der Waals surface area contributed by atoms with Crippen LogP contribution in [0.15, 0.2) is 12.1 Å². The minimum atomic E-state index is -0.327. The number of nitrogens with zero attached hydrogens (tertiary/aromatic N) is 2. The number of rotatable bonds is 4. The fourth-order valence-corrected chi connectivity index (χ4v) is 4.15. The molecule has 0 unspecified atom stereocenters. The minimum Gasteiger partial charge on any atom is -0.476 e. The first kappa shape index (κ1) is 15.2. The van der Waals surface area contributed by atoms with Crippen molar-refractivity contribution in [2.75, 3.05) is 0 Å². The summed E-state index contributed by atoms with van der Waals surface area (Å²) in [6.45, 7) is 2.15. The molecule has 112 valence electrons. The molecule has 4 nitrogen and oxygen atoms in total. The van der Waals surface area contributed by atoms with Gasteiger partial charge in [-0.1, -0.05) is 38.5 Å². The number of hydrogen-bond donors (Lipinski definition) is 1. The molecule has 0 aromatic heterocycles. The Hall–Kier alpha value is -1.24. The Morgan fingerprint density at radius 1 is 1.05 bits per heavy atom. The number of ether oxygens (including phenoxy) is 1. The molecule has 2 rings (SSSR count). The van der Waals surface area contributed by atoms with Crippen molar-refractivity contribution < 1.29 is 9.84 Å². The predicted molar refractivity (Wildman–Crippen MR) is 78.4 cm³/mol. The van der Waals surface area contributed by atoms with Gasteiger partial charge in [-0.3, -0.25) is 0 Å². The molecule has 0 amide bonds. The van der Waals surface area contributed by atoms with Gasteiger partial charge < -0.3 is 9.84 Å². The molecule has 4 heteroatoms. The highest BCUT2D eigenvalue weighted by atomic mass is 16.6. The lowest BCUT2D eigenvalue weighted by Gasteiger charge is -2.45. The summed E-state index contributed by atoms with van der Waals surface area (Å²) in [5.74, 6) is 0.730. The van der Waals surface area contributed by atoms with E-state index in [4.69, 9.17) is 10.1 Å². The van der Waals surface area contributed by atoms with E-state index < -0.39 is 0 Å². The van der Waals surface area contributed by atoms with Crippen molar-refractivity contribution >= 4 is 0 Å². The average molecular weight is 279 g/mol. The Morgan fingerprint density at radius 2 is 1.50 bits per heavy atom. The molecule has 2 aliphatic rings. The van der Waals surface area contributed by atoms with Crippen LogP contribution in [-0.2, 0) is 4.74 Å². The quantitative estimate of drug-likeness (QED) is 0.573. The van der Waals surface area contributed by atoms with Crippen LogP contribution in [0.1, 0.15) is 71.1 Å². The van der Waals surface area contributed by atoms with Gasteiger partial charge in [0.25, 0.3) is 0 Å². The molecule has 20 heavy (non-hydrogen) atoms.